The summed E-state index contributed by atoms with van der Waals surface area (Å²) in [6.07, 6.45) is 4.87. The van der Waals surface area contributed by atoms with E-state index in [0.29, 0.717) is 24.5 Å². The van der Waals surface area contributed by atoms with Gasteiger partial charge in [-0.2, -0.15) is 5.10 Å². The highest BCUT2D eigenvalue weighted by Crippen LogP contribution is 2.11. The van der Waals surface area contributed by atoms with Gasteiger partial charge in [0.15, 0.2) is 0 Å². The lowest BCUT2D eigenvalue weighted by Gasteiger charge is -2.09. The van der Waals surface area contributed by atoms with E-state index in [1.54, 1.807) is 30.6 Å². The topological polar surface area (TPSA) is 112 Å². The smallest absolute Gasteiger partial charge is 0.319 e. The molecule has 0 spiro atoms. The normalized spacial score (nSPS) is 10.2. The number of carbonyl (C=O) groups is 2. The highest BCUT2D eigenvalue weighted by atomic mass is 16.2. The molecule has 1 aromatic carbocycles. The molecule has 8 nitrogen and oxygen atoms in total. The van der Waals surface area contributed by atoms with Gasteiger partial charge < -0.3 is 16.0 Å². The number of pyridine rings is 1. The fraction of sp³-hybridized carbons (Fsp3) is 0.111. The molecule has 3 aromatic rings. The molecule has 26 heavy (non-hydrogen) atoms. The third-order valence-electron chi connectivity index (χ3n) is 3.59. The number of hydrogen-bond donors (Lipinski definition) is 4. The molecule has 0 unspecified atom stereocenters. The number of aromatic nitrogens is 3. The van der Waals surface area contributed by atoms with Crippen molar-refractivity contribution >= 4 is 17.6 Å². The van der Waals surface area contributed by atoms with Gasteiger partial charge in [0, 0.05) is 37.4 Å². The Morgan fingerprint density at radius 2 is 1.73 bits per heavy atom. The zero-order valence-electron chi connectivity index (χ0n) is 13.9. The highest BCUT2D eigenvalue weighted by Gasteiger charge is 2.07. The van der Waals surface area contributed by atoms with Crippen molar-refractivity contribution in [3.8, 4) is 0 Å². The summed E-state index contributed by atoms with van der Waals surface area (Å²) < 4.78 is 0. The Morgan fingerprint density at radius 3 is 2.50 bits per heavy atom. The number of nitrogens with zero attached hydrogens (tertiary/aromatic N) is 2. The zero-order chi connectivity index (χ0) is 18.2. The lowest BCUT2D eigenvalue weighted by Crippen LogP contribution is -2.28. The minimum Gasteiger partial charge on any atom is -0.347 e. The van der Waals surface area contributed by atoms with Gasteiger partial charge >= 0.3 is 6.03 Å². The van der Waals surface area contributed by atoms with Gasteiger partial charge in [0.2, 0.25) is 0 Å². The van der Waals surface area contributed by atoms with Crippen molar-refractivity contribution in [3.63, 3.8) is 0 Å². The predicted octanol–water partition coefficient (Wildman–Crippen LogP) is 2.06. The summed E-state index contributed by atoms with van der Waals surface area (Å²) in [6, 6.07) is 12.2. The van der Waals surface area contributed by atoms with E-state index in [0.717, 1.165) is 11.1 Å². The van der Waals surface area contributed by atoms with Crippen LogP contribution in [0.5, 0.6) is 0 Å². The van der Waals surface area contributed by atoms with E-state index in [-0.39, 0.29) is 11.9 Å². The van der Waals surface area contributed by atoms with Crippen molar-refractivity contribution in [1.29, 1.82) is 0 Å². The van der Waals surface area contributed by atoms with Crippen LogP contribution in [-0.4, -0.2) is 27.1 Å². The van der Waals surface area contributed by atoms with Crippen molar-refractivity contribution in [3.05, 3.63) is 77.9 Å². The van der Waals surface area contributed by atoms with Crippen LogP contribution in [0.15, 0.2) is 61.1 Å². The molecule has 3 rings (SSSR count). The summed E-state index contributed by atoms with van der Waals surface area (Å²) >= 11 is 0. The molecule has 0 atom stereocenters. The van der Waals surface area contributed by atoms with E-state index in [1.165, 1.54) is 6.20 Å². The van der Waals surface area contributed by atoms with E-state index >= 15 is 0 Å². The number of amides is 3. The SMILES string of the molecule is O=C(NCc1ccncc1)Nc1cccc(CNC(=O)c2ccn[nH]2)c1. The summed E-state index contributed by atoms with van der Waals surface area (Å²) in [4.78, 5) is 27.8. The number of nitrogens with one attached hydrogen (secondary N) is 4. The van der Waals surface area contributed by atoms with Gasteiger partial charge in [0.1, 0.15) is 5.69 Å². The maximum absolute atomic E-state index is 12.0. The van der Waals surface area contributed by atoms with Gasteiger partial charge in [-0.3, -0.25) is 14.9 Å². The highest BCUT2D eigenvalue weighted by molar-refractivity contribution is 5.92. The Labute approximate surface area is 150 Å². The predicted molar refractivity (Wildman–Crippen MR) is 96.3 cm³/mol. The van der Waals surface area contributed by atoms with E-state index in [1.807, 2.05) is 24.3 Å². The summed E-state index contributed by atoms with van der Waals surface area (Å²) in [6.45, 7) is 0.750. The molecule has 132 valence electrons. The number of rotatable bonds is 6. The molecule has 0 aliphatic heterocycles. The van der Waals surface area contributed by atoms with Crippen LogP contribution in [0.1, 0.15) is 21.6 Å². The molecular weight excluding hydrogens is 332 g/mol. The zero-order valence-corrected chi connectivity index (χ0v) is 13.9. The molecule has 0 aliphatic carbocycles. The molecule has 0 fully saturated rings. The molecule has 0 saturated heterocycles. The Balaban J connectivity index is 1.50. The van der Waals surface area contributed by atoms with Crippen LogP contribution >= 0.6 is 0 Å². The number of anilines is 1. The third-order valence-corrected chi connectivity index (χ3v) is 3.59. The van der Waals surface area contributed by atoms with Crippen LogP contribution in [0, 0.1) is 0 Å². The van der Waals surface area contributed by atoms with E-state index < -0.39 is 0 Å². The Morgan fingerprint density at radius 1 is 0.923 bits per heavy atom. The number of carbonyl (C=O) groups excluding carboxylic acids is 2. The average molecular weight is 350 g/mol. The molecular formula is C18H18N6O2. The first-order chi connectivity index (χ1) is 12.7. The molecule has 0 bridgehead atoms. The lowest BCUT2D eigenvalue weighted by atomic mass is 10.2. The molecule has 2 aromatic heterocycles. The second-order valence-electron chi connectivity index (χ2n) is 5.52. The van der Waals surface area contributed by atoms with E-state index in [4.69, 9.17) is 0 Å². The second-order valence-corrected chi connectivity index (χ2v) is 5.52. The number of urea groups is 1. The van der Waals surface area contributed by atoms with Gasteiger partial charge in [-0.15, -0.1) is 0 Å². The van der Waals surface area contributed by atoms with Crippen molar-refractivity contribution in [2.75, 3.05) is 5.32 Å². The first-order valence-corrected chi connectivity index (χ1v) is 8.01. The third kappa shape index (κ3) is 4.91. The summed E-state index contributed by atoms with van der Waals surface area (Å²) in [5.41, 5.74) is 2.87. The lowest BCUT2D eigenvalue weighted by molar-refractivity contribution is 0.0946. The minimum atomic E-state index is -0.305. The second kappa shape index (κ2) is 8.43. The van der Waals surface area contributed by atoms with Crippen LogP contribution in [0.3, 0.4) is 0 Å². The molecule has 2 heterocycles. The average Bonchev–Trinajstić information content (AvgIpc) is 3.20. The largest absolute Gasteiger partial charge is 0.347 e. The molecule has 0 aliphatic rings. The van der Waals surface area contributed by atoms with Crippen molar-refractivity contribution < 1.29 is 9.59 Å². The van der Waals surface area contributed by atoms with Gasteiger partial charge in [-0.25, -0.2) is 4.79 Å². The first kappa shape index (κ1) is 17.2. The van der Waals surface area contributed by atoms with Crippen LogP contribution in [0.4, 0.5) is 10.5 Å². The molecule has 0 saturated carbocycles. The fourth-order valence-electron chi connectivity index (χ4n) is 2.28. The first-order valence-electron chi connectivity index (χ1n) is 8.01. The monoisotopic (exact) mass is 350 g/mol. The summed E-state index contributed by atoms with van der Waals surface area (Å²) in [5, 5.41) is 14.7. The number of hydrogen-bond acceptors (Lipinski definition) is 4. The Hall–Kier alpha value is -3.68. The number of aromatic amines is 1. The number of H-pyrrole nitrogens is 1. The summed E-state index contributed by atoms with van der Waals surface area (Å²) in [5.74, 6) is -0.240. The van der Waals surface area contributed by atoms with Crippen LogP contribution in [0.2, 0.25) is 0 Å². The molecule has 8 heteroatoms. The van der Waals surface area contributed by atoms with Gasteiger partial charge in [-0.1, -0.05) is 12.1 Å². The number of benzene rings is 1. The van der Waals surface area contributed by atoms with E-state index in [9.17, 15) is 9.59 Å². The van der Waals surface area contributed by atoms with Crippen molar-refractivity contribution in [2.24, 2.45) is 0 Å². The van der Waals surface area contributed by atoms with Crippen LogP contribution in [-0.2, 0) is 13.1 Å². The van der Waals surface area contributed by atoms with Gasteiger partial charge in [0.25, 0.3) is 5.91 Å². The van der Waals surface area contributed by atoms with Gasteiger partial charge in [0.05, 0.1) is 0 Å². The minimum absolute atomic E-state index is 0.240. The van der Waals surface area contributed by atoms with Gasteiger partial charge in [-0.05, 0) is 41.5 Å². The van der Waals surface area contributed by atoms with Crippen molar-refractivity contribution in [2.45, 2.75) is 13.1 Å². The Kier molecular flexibility index (Phi) is 5.56. The molecule has 3 amide bonds. The fourth-order valence-corrected chi connectivity index (χ4v) is 2.28. The van der Waals surface area contributed by atoms with Crippen LogP contribution < -0.4 is 16.0 Å². The quantitative estimate of drug-likeness (QED) is 0.545. The molecule has 4 N–H and O–H groups in total. The van der Waals surface area contributed by atoms with E-state index in [2.05, 4.69) is 31.1 Å². The summed E-state index contributed by atoms with van der Waals surface area (Å²) in [7, 11) is 0. The molecule has 0 radical (unpaired) electrons. The standard InChI is InChI=1S/C18H18N6O2/c25-17(16-6-9-22-24-16)20-12-14-2-1-3-15(10-14)23-18(26)21-11-13-4-7-19-8-5-13/h1-10H,11-12H2,(H,20,25)(H,22,24)(H2,21,23,26). The van der Waals surface area contributed by atoms with Crippen molar-refractivity contribution in [1.82, 2.24) is 25.8 Å². The maximum atomic E-state index is 12.0. The van der Waals surface area contributed by atoms with Crippen LogP contribution in [0.25, 0.3) is 0 Å². The Bertz CT molecular complexity index is 864. The maximum Gasteiger partial charge on any atom is 0.319 e.